The number of benzene rings is 1. The van der Waals surface area contributed by atoms with E-state index < -0.39 is 0 Å². The normalized spacial score (nSPS) is 20.2. The fraction of sp³-hybridized carbons (Fsp3) is 0.462. The largest absolute Gasteiger partial charge is 0.381 e. The number of aryl methyl sites for hydroxylation is 1. The lowest BCUT2D eigenvalue weighted by atomic mass is 10.1. The predicted molar refractivity (Wildman–Crippen MR) is 66.8 cm³/mol. The molecular weight excluding hydrogens is 214 g/mol. The molecule has 1 aliphatic heterocycles. The van der Waals surface area contributed by atoms with E-state index in [1.54, 1.807) is 0 Å². The van der Waals surface area contributed by atoms with Crippen LogP contribution >= 0.6 is 0 Å². The van der Waals surface area contributed by atoms with Crippen LogP contribution in [0.25, 0.3) is 11.0 Å². The minimum Gasteiger partial charge on any atom is -0.381 e. The van der Waals surface area contributed by atoms with Crippen molar-refractivity contribution in [2.75, 3.05) is 13.2 Å². The Labute approximate surface area is 100 Å². The number of nitrogens with two attached hydrogens (primary N) is 1. The maximum absolute atomic E-state index is 5.65. The molecular formula is C13H17N3O. The molecule has 1 atom stereocenters. The second-order valence-electron chi connectivity index (χ2n) is 4.62. The first-order valence-corrected chi connectivity index (χ1v) is 6.02. The van der Waals surface area contributed by atoms with Gasteiger partial charge in [-0.2, -0.15) is 0 Å². The Morgan fingerprint density at radius 1 is 1.53 bits per heavy atom. The van der Waals surface area contributed by atoms with Crippen LogP contribution in [0.2, 0.25) is 0 Å². The molecule has 1 fully saturated rings. The molecule has 4 heteroatoms. The number of aromatic nitrogens is 2. The number of imidazole rings is 1. The van der Waals surface area contributed by atoms with Gasteiger partial charge in [0.1, 0.15) is 5.82 Å². The van der Waals surface area contributed by atoms with E-state index in [0.29, 0.717) is 12.5 Å². The number of hydrogen-bond donors (Lipinski definition) is 1. The van der Waals surface area contributed by atoms with Gasteiger partial charge in [0.15, 0.2) is 0 Å². The smallest absolute Gasteiger partial charge is 0.115 e. The van der Waals surface area contributed by atoms with Crippen LogP contribution in [0.3, 0.4) is 0 Å². The van der Waals surface area contributed by atoms with Crippen molar-refractivity contribution < 1.29 is 4.74 Å². The Morgan fingerprint density at radius 2 is 2.41 bits per heavy atom. The molecule has 1 saturated heterocycles. The molecule has 0 spiro atoms. The highest BCUT2D eigenvalue weighted by molar-refractivity contribution is 5.77. The van der Waals surface area contributed by atoms with E-state index in [9.17, 15) is 0 Å². The molecule has 1 unspecified atom stereocenters. The third-order valence-corrected chi connectivity index (χ3v) is 3.51. The minimum atomic E-state index is 0.439. The summed E-state index contributed by atoms with van der Waals surface area (Å²) in [6, 6.07) is 6.25. The van der Waals surface area contributed by atoms with Crippen molar-refractivity contribution in [2.24, 2.45) is 12.8 Å². The molecule has 4 nitrogen and oxygen atoms in total. The van der Waals surface area contributed by atoms with Crippen LogP contribution in [-0.4, -0.2) is 22.8 Å². The average molecular weight is 231 g/mol. The number of nitrogens with zero attached hydrogens (tertiary/aromatic N) is 2. The van der Waals surface area contributed by atoms with Crippen molar-refractivity contribution in [3.05, 3.63) is 29.6 Å². The number of rotatable bonds is 2. The first-order chi connectivity index (χ1) is 8.29. The minimum absolute atomic E-state index is 0.439. The van der Waals surface area contributed by atoms with Gasteiger partial charge >= 0.3 is 0 Å². The van der Waals surface area contributed by atoms with Crippen molar-refractivity contribution in [1.29, 1.82) is 0 Å². The van der Waals surface area contributed by atoms with Gasteiger partial charge in [-0.1, -0.05) is 6.07 Å². The summed E-state index contributed by atoms with van der Waals surface area (Å²) in [7, 11) is 2.07. The molecule has 0 radical (unpaired) electrons. The van der Waals surface area contributed by atoms with E-state index in [0.717, 1.165) is 36.5 Å². The molecule has 2 aromatic rings. The van der Waals surface area contributed by atoms with Crippen molar-refractivity contribution in [3.8, 4) is 0 Å². The molecule has 0 bridgehead atoms. The van der Waals surface area contributed by atoms with E-state index >= 15 is 0 Å². The summed E-state index contributed by atoms with van der Waals surface area (Å²) in [5.41, 5.74) is 8.99. The molecule has 1 aromatic heterocycles. The standard InChI is InChI=1S/C13H17N3O/c1-16-12-3-2-9(7-14)6-11(12)15-13(16)10-4-5-17-8-10/h2-3,6,10H,4-5,7-8,14H2,1H3. The summed E-state index contributed by atoms with van der Waals surface area (Å²) in [4.78, 5) is 4.73. The van der Waals surface area contributed by atoms with E-state index in [1.165, 1.54) is 5.52 Å². The average Bonchev–Trinajstić information content (AvgIpc) is 2.97. The highest BCUT2D eigenvalue weighted by atomic mass is 16.5. The fourth-order valence-electron chi connectivity index (χ4n) is 2.49. The van der Waals surface area contributed by atoms with E-state index in [1.807, 2.05) is 0 Å². The van der Waals surface area contributed by atoms with Gasteiger partial charge in [-0.3, -0.25) is 0 Å². The lowest BCUT2D eigenvalue weighted by Gasteiger charge is -2.07. The summed E-state index contributed by atoms with van der Waals surface area (Å²) in [6.07, 6.45) is 1.07. The van der Waals surface area contributed by atoms with Gasteiger partial charge in [-0.25, -0.2) is 4.98 Å². The van der Waals surface area contributed by atoms with Gasteiger partial charge in [0.05, 0.1) is 17.6 Å². The Balaban J connectivity index is 2.10. The number of hydrogen-bond acceptors (Lipinski definition) is 3. The van der Waals surface area contributed by atoms with Crippen molar-refractivity contribution in [2.45, 2.75) is 18.9 Å². The van der Waals surface area contributed by atoms with Crippen LogP contribution in [-0.2, 0) is 18.3 Å². The molecule has 2 heterocycles. The van der Waals surface area contributed by atoms with Gasteiger partial charge < -0.3 is 15.0 Å². The van der Waals surface area contributed by atoms with Crippen molar-refractivity contribution in [3.63, 3.8) is 0 Å². The zero-order chi connectivity index (χ0) is 11.8. The van der Waals surface area contributed by atoms with Crippen molar-refractivity contribution >= 4 is 11.0 Å². The summed E-state index contributed by atoms with van der Waals surface area (Å²) in [5.74, 6) is 1.57. The van der Waals surface area contributed by atoms with Crippen molar-refractivity contribution in [1.82, 2.24) is 9.55 Å². The van der Waals surface area contributed by atoms with E-state index in [-0.39, 0.29) is 0 Å². The molecule has 17 heavy (non-hydrogen) atoms. The van der Waals surface area contributed by atoms with Gasteiger partial charge in [0.25, 0.3) is 0 Å². The predicted octanol–water partition coefficient (Wildman–Crippen LogP) is 1.54. The molecule has 1 aromatic carbocycles. The number of fused-ring (bicyclic) bond motifs is 1. The van der Waals surface area contributed by atoms with Crippen LogP contribution < -0.4 is 5.73 Å². The molecule has 0 saturated carbocycles. The van der Waals surface area contributed by atoms with Crippen LogP contribution in [0, 0.1) is 0 Å². The van der Waals surface area contributed by atoms with Crippen LogP contribution in [0.1, 0.15) is 23.7 Å². The summed E-state index contributed by atoms with van der Waals surface area (Å²) in [5, 5.41) is 0. The highest BCUT2D eigenvalue weighted by Gasteiger charge is 2.23. The molecule has 2 N–H and O–H groups in total. The van der Waals surface area contributed by atoms with Gasteiger partial charge in [-0.05, 0) is 24.1 Å². The second-order valence-corrected chi connectivity index (χ2v) is 4.62. The Bertz CT molecular complexity index is 541. The topological polar surface area (TPSA) is 53.1 Å². The summed E-state index contributed by atoms with van der Waals surface area (Å²) < 4.78 is 7.61. The maximum Gasteiger partial charge on any atom is 0.115 e. The molecule has 90 valence electrons. The monoisotopic (exact) mass is 231 g/mol. The zero-order valence-electron chi connectivity index (χ0n) is 10.0. The first kappa shape index (κ1) is 10.7. The van der Waals surface area contributed by atoms with Gasteiger partial charge in [-0.15, -0.1) is 0 Å². The third kappa shape index (κ3) is 1.73. The lowest BCUT2D eigenvalue weighted by Crippen LogP contribution is -2.05. The maximum atomic E-state index is 5.65. The van der Waals surface area contributed by atoms with Crippen LogP contribution in [0.4, 0.5) is 0 Å². The van der Waals surface area contributed by atoms with Gasteiger partial charge in [0, 0.05) is 26.1 Å². The highest BCUT2D eigenvalue weighted by Crippen LogP contribution is 2.27. The quantitative estimate of drug-likeness (QED) is 0.853. The Hall–Kier alpha value is -1.39. The molecule has 3 rings (SSSR count). The molecule has 1 aliphatic rings. The first-order valence-electron chi connectivity index (χ1n) is 6.02. The number of ether oxygens (including phenoxy) is 1. The zero-order valence-corrected chi connectivity index (χ0v) is 10.0. The Kier molecular flexibility index (Phi) is 2.61. The summed E-state index contributed by atoms with van der Waals surface area (Å²) in [6.45, 7) is 2.21. The van der Waals surface area contributed by atoms with Gasteiger partial charge in [0.2, 0.25) is 0 Å². The lowest BCUT2D eigenvalue weighted by molar-refractivity contribution is 0.193. The Morgan fingerprint density at radius 3 is 3.12 bits per heavy atom. The molecule has 0 aliphatic carbocycles. The third-order valence-electron chi connectivity index (χ3n) is 3.51. The SMILES string of the molecule is Cn1c(C2CCOC2)nc2cc(CN)ccc21. The van der Waals surface area contributed by atoms with Crippen LogP contribution in [0.15, 0.2) is 18.2 Å². The van der Waals surface area contributed by atoms with E-state index in [4.69, 9.17) is 15.5 Å². The van der Waals surface area contributed by atoms with Crippen LogP contribution in [0.5, 0.6) is 0 Å². The fourth-order valence-corrected chi connectivity index (χ4v) is 2.49. The summed E-state index contributed by atoms with van der Waals surface area (Å²) >= 11 is 0. The second kappa shape index (κ2) is 4.13. The molecule has 0 amide bonds. The van der Waals surface area contributed by atoms with E-state index in [2.05, 4.69) is 29.8 Å².